The second-order valence-electron chi connectivity index (χ2n) is 0.560. The third kappa shape index (κ3) is 4.65. The van der Waals surface area contributed by atoms with Crippen LogP contribution in [0.15, 0.2) is 0 Å². The van der Waals surface area contributed by atoms with Gasteiger partial charge >= 0.3 is 0 Å². The zero-order valence-corrected chi connectivity index (χ0v) is 4.94. The zero-order chi connectivity index (χ0) is 4.12. The lowest BCUT2D eigenvalue weighted by molar-refractivity contribution is 0.156. The van der Waals surface area contributed by atoms with Crippen molar-refractivity contribution in [2.75, 3.05) is 11.0 Å². The molecule has 5 heavy (non-hydrogen) atoms. The molecular formula is C2H6INO. The van der Waals surface area contributed by atoms with E-state index in [9.17, 15) is 0 Å². The van der Waals surface area contributed by atoms with Crippen molar-refractivity contribution in [3.63, 3.8) is 0 Å². The largest absolute Gasteiger partial charge is 0.304 e. The Morgan fingerprint density at radius 3 is 2.40 bits per heavy atom. The van der Waals surface area contributed by atoms with Gasteiger partial charge < -0.3 is 4.84 Å². The van der Waals surface area contributed by atoms with Crippen molar-refractivity contribution in [1.82, 2.24) is 0 Å². The summed E-state index contributed by atoms with van der Waals surface area (Å²) in [5, 5.41) is 0. The maximum Gasteiger partial charge on any atom is 0.0768 e. The molecule has 3 heteroatoms. The van der Waals surface area contributed by atoms with E-state index in [0.29, 0.717) is 6.61 Å². The summed E-state index contributed by atoms with van der Waals surface area (Å²) in [7, 11) is 0. The van der Waals surface area contributed by atoms with Gasteiger partial charge in [0, 0.05) is 4.43 Å². The number of hydrogen-bond acceptors (Lipinski definition) is 2. The minimum absolute atomic E-state index is 0.653. The highest BCUT2D eigenvalue weighted by atomic mass is 127. The molecule has 0 amide bonds. The van der Waals surface area contributed by atoms with Crippen LogP contribution >= 0.6 is 22.6 Å². The Labute approximate surface area is 44.8 Å². The van der Waals surface area contributed by atoms with Crippen LogP contribution in [-0.2, 0) is 4.84 Å². The van der Waals surface area contributed by atoms with Crippen LogP contribution in [0.3, 0.4) is 0 Å². The van der Waals surface area contributed by atoms with E-state index in [0.717, 1.165) is 4.43 Å². The molecule has 0 aliphatic carbocycles. The highest BCUT2D eigenvalue weighted by Gasteiger charge is 1.68. The second-order valence-corrected chi connectivity index (χ2v) is 1.64. The molecule has 0 heterocycles. The van der Waals surface area contributed by atoms with Gasteiger partial charge in [-0.15, -0.1) is 0 Å². The van der Waals surface area contributed by atoms with Gasteiger partial charge in [-0.2, -0.15) is 0 Å². The van der Waals surface area contributed by atoms with Crippen molar-refractivity contribution in [3.8, 4) is 0 Å². The highest BCUT2D eigenvalue weighted by Crippen LogP contribution is 1.75. The fraction of sp³-hybridized carbons (Fsp3) is 1.00. The Hall–Kier alpha value is 0.650. The first kappa shape index (κ1) is 5.65. The molecule has 0 aliphatic heterocycles. The lowest BCUT2D eigenvalue weighted by Crippen LogP contribution is -2.00. The predicted molar refractivity (Wildman–Crippen MR) is 29.0 cm³/mol. The predicted octanol–water partition coefficient (Wildman–Crippen LogP) is 0.312. The lowest BCUT2D eigenvalue weighted by Gasteiger charge is -1.82. The van der Waals surface area contributed by atoms with Gasteiger partial charge in [0.1, 0.15) is 0 Å². The molecule has 0 fully saturated rings. The fourth-order valence-corrected chi connectivity index (χ4v) is 0.299. The van der Waals surface area contributed by atoms with Gasteiger partial charge in [-0.3, -0.25) is 0 Å². The first-order chi connectivity index (χ1) is 2.41. The van der Waals surface area contributed by atoms with Gasteiger partial charge in [-0.1, -0.05) is 22.6 Å². The molecule has 0 bridgehead atoms. The van der Waals surface area contributed by atoms with Crippen molar-refractivity contribution in [2.45, 2.75) is 0 Å². The van der Waals surface area contributed by atoms with E-state index in [1.807, 2.05) is 0 Å². The summed E-state index contributed by atoms with van der Waals surface area (Å²) in [6.45, 7) is 0.653. The first-order valence-corrected chi connectivity index (χ1v) is 2.82. The van der Waals surface area contributed by atoms with Crippen molar-refractivity contribution in [2.24, 2.45) is 5.90 Å². The number of nitrogens with two attached hydrogens (primary N) is 1. The molecule has 0 unspecified atom stereocenters. The van der Waals surface area contributed by atoms with Crippen molar-refractivity contribution in [1.29, 1.82) is 0 Å². The average molecular weight is 187 g/mol. The summed E-state index contributed by atoms with van der Waals surface area (Å²) in [6, 6.07) is 0. The van der Waals surface area contributed by atoms with Crippen LogP contribution in [0, 0.1) is 0 Å². The summed E-state index contributed by atoms with van der Waals surface area (Å²) in [5.74, 6) is 4.63. The maximum atomic E-state index is 4.63. The Bertz CT molecular complexity index is 17.1. The molecule has 0 aliphatic rings. The molecule has 2 nitrogen and oxygen atoms in total. The van der Waals surface area contributed by atoms with Crippen LogP contribution < -0.4 is 5.90 Å². The third-order valence-corrected chi connectivity index (χ3v) is 0.635. The van der Waals surface area contributed by atoms with Gasteiger partial charge in [-0.25, -0.2) is 5.90 Å². The normalized spacial score (nSPS) is 8.40. The van der Waals surface area contributed by atoms with Crippen molar-refractivity contribution >= 4 is 22.6 Å². The van der Waals surface area contributed by atoms with E-state index >= 15 is 0 Å². The molecule has 0 aromatic rings. The second kappa shape index (κ2) is 4.65. The van der Waals surface area contributed by atoms with Gasteiger partial charge in [0.15, 0.2) is 0 Å². The molecule has 0 radical (unpaired) electrons. The van der Waals surface area contributed by atoms with Crippen molar-refractivity contribution < 1.29 is 4.84 Å². The van der Waals surface area contributed by atoms with E-state index in [2.05, 4.69) is 33.3 Å². The summed E-state index contributed by atoms with van der Waals surface area (Å²) in [5.41, 5.74) is 0. The Morgan fingerprint density at radius 1 is 1.80 bits per heavy atom. The molecule has 0 atom stereocenters. The Balaban J connectivity index is 2.19. The fourth-order valence-electron chi connectivity index (χ4n) is 0.0445. The Morgan fingerprint density at radius 2 is 2.40 bits per heavy atom. The van der Waals surface area contributed by atoms with Gasteiger partial charge in [-0.05, 0) is 0 Å². The van der Waals surface area contributed by atoms with Crippen LogP contribution in [0.25, 0.3) is 0 Å². The van der Waals surface area contributed by atoms with Crippen LogP contribution in [0.2, 0.25) is 0 Å². The van der Waals surface area contributed by atoms with Crippen LogP contribution in [0.5, 0.6) is 0 Å². The molecule has 0 aromatic carbocycles. The number of alkyl halides is 1. The Kier molecular flexibility index (Phi) is 5.25. The monoisotopic (exact) mass is 187 g/mol. The van der Waals surface area contributed by atoms with Crippen LogP contribution in [0.1, 0.15) is 0 Å². The summed E-state index contributed by atoms with van der Waals surface area (Å²) in [4.78, 5) is 4.18. The topological polar surface area (TPSA) is 35.2 Å². The number of hydrogen-bond donors (Lipinski definition) is 1. The van der Waals surface area contributed by atoms with Crippen LogP contribution in [-0.4, -0.2) is 11.0 Å². The molecule has 0 rings (SSSR count). The minimum Gasteiger partial charge on any atom is -0.304 e. The highest BCUT2D eigenvalue weighted by molar-refractivity contribution is 14.1. The van der Waals surface area contributed by atoms with E-state index in [1.165, 1.54) is 0 Å². The van der Waals surface area contributed by atoms with E-state index in [4.69, 9.17) is 0 Å². The first-order valence-electron chi connectivity index (χ1n) is 1.29. The molecule has 0 saturated carbocycles. The smallest absolute Gasteiger partial charge is 0.0768 e. The molecule has 2 N–H and O–H groups in total. The zero-order valence-electron chi connectivity index (χ0n) is 2.78. The third-order valence-electron chi connectivity index (χ3n) is 0.195. The summed E-state index contributed by atoms with van der Waals surface area (Å²) < 4.78 is 0.967. The molecule has 0 aromatic heterocycles. The van der Waals surface area contributed by atoms with E-state index in [1.54, 1.807) is 0 Å². The van der Waals surface area contributed by atoms with E-state index in [-0.39, 0.29) is 0 Å². The lowest BCUT2D eigenvalue weighted by atomic mass is 10.9. The SMILES string of the molecule is NOCCI. The summed E-state index contributed by atoms with van der Waals surface area (Å²) in [6.07, 6.45) is 0. The maximum absolute atomic E-state index is 4.63. The van der Waals surface area contributed by atoms with Crippen LogP contribution in [0.4, 0.5) is 0 Å². The van der Waals surface area contributed by atoms with E-state index < -0.39 is 0 Å². The molecule has 0 spiro atoms. The standard InChI is InChI=1S/C2H6INO/c3-1-2-5-4/h1-2,4H2. The van der Waals surface area contributed by atoms with Gasteiger partial charge in [0.25, 0.3) is 0 Å². The molecular weight excluding hydrogens is 181 g/mol. The quantitative estimate of drug-likeness (QED) is 0.383. The summed E-state index contributed by atoms with van der Waals surface area (Å²) >= 11 is 2.18. The molecule has 32 valence electrons. The average Bonchev–Trinajstić information content (AvgIpc) is 1.41. The van der Waals surface area contributed by atoms with Gasteiger partial charge in [0.05, 0.1) is 6.61 Å². The van der Waals surface area contributed by atoms with Gasteiger partial charge in [0.2, 0.25) is 0 Å². The molecule has 0 saturated heterocycles. The van der Waals surface area contributed by atoms with Crippen molar-refractivity contribution in [3.05, 3.63) is 0 Å². The number of halogens is 1. The minimum atomic E-state index is 0.653. The number of rotatable bonds is 2.